The van der Waals surface area contributed by atoms with Gasteiger partial charge in [0.05, 0.1) is 5.92 Å². The zero-order valence-corrected chi connectivity index (χ0v) is 12.0. The fourth-order valence-electron chi connectivity index (χ4n) is 2.67. The van der Waals surface area contributed by atoms with Crippen molar-refractivity contribution in [3.63, 3.8) is 0 Å². The second kappa shape index (κ2) is 4.43. The van der Waals surface area contributed by atoms with E-state index < -0.39 is 0 Å². The van der Waals surface area contributed by atoms with E-state index in [2.05, 4.69) is 6.92 Å². The molecule has 0 aliphatic carbocycles. The zero-order chi connectivity index (χ0) is 13.4. The van der Waals surface area contributed by atoms with E-state index in [1.165, 1.54) is 4.90 Å². The average molecular weight is 239 g/mol. The van der Waals surface area contributed by atoms with Crippen LogP contribution in [0.5, 0.6) is 0 Å². The van der Waals surface area contributed by atoms with E-state index in [0.717, 1.165) is 12.8 Å². The highest BCUT2D eigenvalue weighted by Crippen LogP contribution is 2.39. The van der Waals surface area contributed by atoms with Crippen molar-refractivity contribution in [2.24, 2.45) is 11.3 Å². The highest BCUT2D eigenvalue weighted by Gasteiger charge is 2.49. The normalized spacial score (nSPS) is 22.5. The SMILES string of the molecule is CCCC(C)(C)N1C(=O)CC(C(C)(C)C)C1=O. The van der Waals surface area contributed by atoms with Crippen LogP contribution in [0.4, 0.5) is 0 Å². The van der Waals surface area contributed by atoms with Crippen molar-refractivity contribution >= 4 is 11.8 Å². The van der Waals surface area contributed by atoms with Gasteiger partial charge in [-0.2, -0.15) is 0 Å². The van der Waals surface area contributed by atoms with E-state index >= 15 is 0 Å². The van der Waals surface area contributed by atoms with Crippen molar-refractivity contribution in [2.75, 3.05) is 0 Å². The van der Waals surface area contributed by atoms with Crippen LogP contribution in [0.1, 0.15) is 60.8 Å². The molecule has 0 aromatic carbocycles. The Kier molecular flexibility index (Phi) is 3.70. The Labute approximate surface area is 105 Å². The van der Waals surface area contributed by atoms with E-state index in [9.17, 15) is 9.59 Å². The fourth-order valence-corrected chi connectivity index (χ4v) is 2.67. The Bertz CT molecular complexity index is 326. The van der Waals surface area contributed by atoms with Crippen molar-refractivity contribution in [3.8, 4) is 0 Å². The molecule has 1 unspecified atom stereocenters. The molecule has 0 N–H and O–H groups in total. The highest BCUT2D eigenvalue weighted by atomic mass is 16.2. The van der Waals surface area contributed by atoms with Crippen LogP contribution in [0.2, 0.25) is 0 Å². The molecule has 3 heteroatoms. The van der Waals surface area contributed by atoms with E-state index in [0.29, 0.717) is 6.42 Å². The molecule has 1 saturated heterocycles. The molecular weight excluding hydrogens is 214 g/mol. The molecule has 1 fully saturated rings. The molecular formula is C14H25NO2. The van der Waals surface area contributed by atoms with Gasteiger partial charge in [-0.1, -0.05) is 34.1 Å². The van der Waals surface area contributed by atoms with Gasteiger partial charge < -0.3 is 0 Å². The minimum absolute atomic E-state index is 0.00613. The minimum Gasteiger partial charge on any atom is -0.277 e. The van der Waals surface area contributed by atoms with Gasteiger partial charge in [-0.25, -0.2) is 0 Å². The van der Waals surface area contributed by atoms with Crippen LogP contribution >= 0.6 is 0 Å². The molecule has 1 rings (SSSR count). The maximum atomic E-state index is 12.4. The van der Waals surface area contributed by atoms with Gasteiger partial charge in [0.1, 0.15) is 0 Å². The Hall–Kier alpha value is -0.860. The highest BCUT2D eigenvalue weighted by molar-refractivity contribution is 6.04. The summed E-state index contributed by atoms with van der Waals surface area (Å²) >= 11 is 0. The Balaban J connectivity index is 2.98. The monoisotopic (exact) mass is 239 g/mol. The fraction of sp³-hybridized carbons (Fsp3) is 0.857. The maximum Gasteiger partial charge on any atom is 0.233 e. The first kappa shape index (κ1) is 14.2. The molecule has 0 bridgehead atoms. The molecule has 1 aliphatic rings. The summed E-state index contributed by atoms with van der Waals surface area (Å²) in [6, 6.07) is 0. The molecule has 3 nitrogen and oxygen atoms in total. The van der Waals surface area contributed by atoms with E-state index in [1.807, 2.05) is 34.6 Å². The Morgan fingerprint density at radius 2 is 1.71 bits per heavy atom. The lowest BCUT2D eigenvalue weighted by atomic mass is 9.79. The Morgan fingerprint density at radius 1 is 1.18 bits per heavy atom. The Morgan fingerprint density at radius 3 is 2.06 bits per heavy atom. The van der Waals surface area contributed by atoms with Crippen LogP contribution in [0.15, 0.2) is 0 Å². The smallest absolute Gasteiger partial charge is 0.233 e. The summed E-state index contributed by atoms with van der Waals surface area (Å²) in [6.07, 6.45) is 2.21. The van der Waals surface area contributed by atoms with E-state index in [4.69, 9.17) is 0 Å². The van der Waals surface area contributed by atoms with E-state index in [-0.39, 0.29) is 28.7 Å². The predicted octanol–water partition coefficient (Wildman–Crippen LogP) is 2.99. The maximum absolute atomic E-state index is 12.4. The van der Waals surface area contributed by atoms with Gasteiger partial charge in [-0.05, 0) is 25.7 Å². The number of hydrogen-bond acceptors (Lipinski definition) is 2. The van der Waals surface area contributed by atoms with Crippen molar-refractivity contribution in [2.45, 2.75) is 66.3 Å². The van der Waals surface area contributed by atoms with Crippen LogP contribution in [-0.2, 0) is 9.59 Å². The van der Waals surface area contributed by atoms with Crippen LogP contribution < -0.4 is 0 Å². The van der Waals surface area contributed by atoms with Crippen molar-refractivity contribution < 1.29 is 9.59 Å². The van der Waals surface area contributed by atoms with Gasteiger partial charge in [0.25, 0.3) is 0 Å². The molecule has 17 heavy (non-hydrogen) atoms. The lowest BCUT2D eigenvalue weighted by Gasteiger charge is -2.35. The molecule has 0 saturated carbocycles. The van der Waals surface area contributed by atoms with E-state index in [1.54, 1.807) is 0 Å². The largest absolute Gasteiger partial charge is 0.277 e. The van der Waals surface area contributed by atoms with Crippen LogP contribution in [-0.4, -0.2) is 22.3 Å². The van der Waals surface area contributed by atoms with Gasteiger partial charge in [0.2, 0.25) is 11.8 Å². The number of amides is 2. The van der Waals surface area contributed by atoms with Crippen molar-refractivity contribution in [3.05, 3.63) is 0 Å². The molecule has 0 aromatic rings. The molecule has 0 aromatic heterocycles. The van der Waals surface area contributed by atoms with Gasteiger partial charge >= 0.3 is 0 Å². The first-order chi connectivity index (χ1) is 7.61. The number of rotatable bonds is 3. The summed E-state index contributed by atoms with van der Waals surface area (Å²) in [6.45, 7) is 12.1. The second-order valence-corrected chi connectivity index (χ2v) is 6.75. The number of nitrogens with zero attached hydrogens (tertiary/aromatic N) is 1. The number of likely N-dealkylation sites (tertiary alicyclic amines) is 1. The number of hydrogen-bond donors (Lipinski definition) is 0. The summed E-state index contributed by atoms with van der Waals surface area (Å²) in [5, 5.41) is 0. The van der Waals surface area contributed by atoms with Gasteiger partial charge in [-0.15, -0.1) is 0 Å². The summed E-state index contributed by atoms with van der Waals surface area (Å²) in [7, 11) is 0. The first-order valence-corrected chi connectivity index (χ1v) is 6.48. The van der Waals surface area contributed by atoms with Crippen molar-refractivity contribution in [1.29, 1.82) is 0 Å². The molecule has 0 radical (unpaired) electrons. The zero-order valence-electron chi connectivity index (χ0n) is 12.0. The lowest BCUT2D eigenvalue weighted by molar-refractivity contribution is -0.146. The summed E-state index contributed by atoms with van der Waals surface area (Å²) in [5.41, 5.74) is -0.479. The minimum atomic E-state index is -0.344. The molecule has 1 atom stereocenters. The van der Waals surface area contributed by atoms with Crippen LogP contribution in [0, 0.1) is 11.3 Å². The van der Waals surface area contributed by atoms with Crippen molar-refractivity contribution in [1.82, 2.24) is 4.90 Å². The summed E-state index contributed by atoms with van der Waals surface area (Å²) < 4.78 is 0. The van der Waals surface area contributed by atoms with Gasteiger partial charge in [0.15, 0.2) is 0 Å². The quantitative estimate of drug-likeness (QED) is 0.710. The summed E-state index contributed by atoms with van der Waals surface area (Å²) in [4.78, 5) is 26.0. The van der Waals surface area contributed by atoms with Crippen LogP contribution in [0.25, 0.3) is 0 Å². The number of carbonyl (C=O) groups is 2. The molecule has 1 aliphatic heterocycles. The molecule has 0 spiro atoms. The first-order valence-electron chi connectivity index (χ1n) is 6.48. The molecule has 1 heterocycles. The molecule has 2 amide bonds. The van der Waals surface area contributed by atoms with Crippen LogP contribution in [0.3, 0.4) is 0 Å². The van der Waals surface area contributed by atoms with Gasteiger partial charge in [0, 0.05) is 12.0 Å². The predicted molar refractivity (Wildman–Crippen MR) is 68.4 cm³/mol. The standard InChI is InChI=1S/C14H25NO2/c1-7-8-14(5,6)15-11(16)9-10(12(15)17)13(2,3)4/h10H,7-9H2,1-6H3. The molecule has 98 valence electrons. The average Bonchev–Trinajstić information content (AvgIpc) is 2.41. The number of carbonyl (C=O) groups excluding carboxylic acids is 2. The third-order valence-corrected chi connectivity index (χ3v) is 3.66. The lowest BCUT2D eigenvalue weighted by Crippen LogP contribution is -2.48. The third-order valence-electron chi connectivity index (χ3n) is 3.66. The van der Waals surface area contributed by atoms with Gasteiger partial charge in [-0.3, -0.25) is 14.5 Å². The second-order valence-electron chi connectivity index (χ2n) is 6.75. The topological polar surface area (TPSA) is 37.4 Å². The summed E-state index contributed by atoms with van der Waals surface area (Å²) in [5.74, 6) is -0.152. The third kappa shape index (κ3) is 2.70. The number of imide groups is 1.